The predicted molar refractivity (Wildman–Crippen MR) is 99.5 cm³/mol. The average molecular weight is 395 g/mol. The van der Waals surface area contributed by atoms with E-state index in [0.29, 0.717) is 22.0 Å². The Labute approximate surface area is 160 Å². The van der Waals surface area contributed by atoms with Crippen molar-refractivity contribution in [2.24, 2.45) is 0 Å². The van der Waals surface area contributed by atoms with Crippen molar-refractivity contribution in [1.82, 2.24) is 14.8 Å². The number of aliphatic hydroxyl groups excluding tert-OH is 1. The first-order valence-corrected chi connectivity index (χ1v) is 8.53. The van der Waals surface area contributed by atoms with E-state index in [9.17, 15) is 22.7 Å². The lowest BCUT2D eigenvalue weighted by Gasteiger charge is -2.16. The molecule has 0 bridgehead atoms. The summed E-state index contributed by atoms with van der Waals surface area (Å²) in [6.45, 7) is 8.84. The molecular formula is C20H21F4N3O. The summed E-state index contributed by atoms with van der Waals surface area (Å²) in [4.78, 5) is 4.35. The molecule has 4 nitrogen and oxygen atoms in total. The summed E-state index contributed by atoms with van der Waals surface area (Å²) in [7, 11) is 0. The van der Waals surface area contributed by atoms with E-state index in [1.54, 1.807) is 12.1 Å². The number of rotatable bonds is 7. The fourth-order valence-corrected chi connectivity index (χ4v) is 2.76. The third-order valence-electron chi connectivity index (χ3n) is 4.08. The van der Waals surface area contributed by atoms with Crippen molar-refractivity contribution < 1.29 is 22.7 Å². The van der Waals surface area contributed by atoms with Crippen LogP contribution in [-0.4, -0.2) is 19.9 Å². The zero-order valence-corrected chi connectivity index (χ0v) is 15.7. The van der Waals surface area contributed by atoms with Gasteiger partial charge in [0.05, 0.1) is 11.8 Å². The molecule has 0 unspecified atom stereocenters. The van der Waals surface area contributed by atoms with E-state index < -0.39 is 30.3 Å². The summed E-state index contributed by atoms with van der Waals surface area (Å²) in [5.41, 5.74) is 0.514. The fraction of sp³-hybridized carbons (Fsp3) is 0.300. The highest BCUT2D eigenvalue weighted by atomic mass is 19.3. The Balaban J connectivity index is 2.79. The molecule has 150 valence electrons. The first-order valence-electron chi connectivity index (χ1n) is 8.53. The smallest absolute Gasteiger partial charge is 0.282 e. The summed E-state index contributed by atoms with van der Waals surface area (Å²) in [6, 6.07) is 3.76. The number of hydrogen-bond acceptors (Lipinski definition) is 3. The monoisotopic (exact) mass is 395 g/mol. The Morgan fingerprint density at radius 1 is 1.21 bits per heavy atom. The van der Waals surface area contributed by atoms with Crippen LogP contribution in [0, 0.1) is 0 Å². The number of hydrogen-bond donors (Lipinski definition) is 1. The molecule has 0 spiro atoms. The number of pyridine rings is 1. The fourth-order valence-electron chi connectivity index (χ4n) is 2.76. The van der Waals surface area contributed by atoms with Gasteiger partial charge in [0, 0.05) is 11.1 Å². The average Bonchev–Trinajstić information content (AvgIpc) is 3.08. The predicted octanol–water partition coefficient (Wildman–Crippen LogP) is 5.73. The largest absolute Gasteiger partial charge is 0.389 e. The van der Waals surface area contributed by atoms with Crippen LogP contribution < -0.4 is 0 Å². The van der Waals surface area contributed by atoms with Gasteiger partial charge in [0.1, 0.15) is 11.4 Å². The van der Waals surface area contributed by atoms with Crippen LogP contribution in [0.15, 0.2) is 48.6 Å². The van der Waals surface area contributed by atoms with Gasteiger partial charge >= 0.3 is 0 Å². The minimum absolute atomic E-state index is 0.137. The topological polar surface area (TPSA) is 50.9 Å². The Bertz CT molecular complexity index is 914. The lowest BCUT2D eigenvalue weighted by Crippen LogP contribution is -2.11. The SMILES string of the molecule is C=C/C(=C(C)/C=C\C)c1ccc([C@H](C)O)c(-n2nc(C(F)F)cc2C(F)F)n1. The standard InChI is InChI=1S/C20H21F4N3O/c1-5-7-11(3)13(6-2)15-9-8-14(12(4)28)20(25-15)27-17(19(23)24)10-16(26-27)18(21)22/h5-10,12,18-19,28H,2H2,1,3-4H3/b7-5-,13-11-/t12-/m0/s1. The molecule has 0 saturated heterocycles. The Morgan fingerprint density at radius 3 is 2.39 bits per heavy atom. The van der Waals surface area contributed by atoms with E-state index in [4.69, 9.17) is 0 Å². The minimum Gasteiger partial charge on any atom is -0.389 e. The maximum absolute atomic E-state index is 13.4. The van der Waals surface area contributed by atoms with Gasteiger partial charge in [-0.1, -0.05) is 30.9 Å². The molecule has 1 N–H and O–H groups in total. The van der Waals surface area contributed by atoms with E-state index in [2.05, 4.69) is 16.7 Å². The number of nitrogens with zero attached hydrogens (tertiary/aromatic N) is 3. The van der Waals surface area contributed by atoms with Gasteiger partial charge in [0.15, 0.2) is 5.82 Å². The highest BCUT2D eigenvalue weighted by molar-refractivity contribution is 5.76. The molecule has 0 aliphatic heterocycles. The second kappa shape index (κ2) is 8.97. The van der Waals surface area contributed by atoms with Crippen molar-refractivity contribution in [3.05, 3.63) is 71.2 Å². The van der Waals surface area contributed by atoms with Crippen LogP contribution in [-0.2, 0) is 0 Å². The van der Waals surface area contributed by atoms with Crippen molar-refractivity contribution in [2.45, 2.75) is 39.7 Å². The Kier molecular flexibility index (Phi) is 6.90. The number of halogens is 4. The highest BCUT2D eigenvalue weighted by Crippen LogP contribution is 2.31. The number of aromatic nitrogens is 3. The van der Waals surface area contributed by atoms with Crippen LogP contribution in [0.2, 0.25) is 0 Å². The van der Waals surface area contributed by atoms with Crippen LogP contribution in [0.4, 0.5) is 17.6 Å². The van der Waals surface area contributed by atoms with Gasteiger partial charge < -0.3 is 5.11 Å². The van der Waals surface area contributed by atoms with Gasteiger partial charge in [-0.25, -0.2) is 27.2 Å². The number of alkyl halides is 4. The lowest BCUT2D eigenvalue weighted by atomic mass is 10.0. The molecule has 0 aliphatic rings. The second-order valence-corrected chi connectivity index (χ2v) is 6.09. The number of aliphatic hydroxyl groups is 1. The third-order valence-corrected chi connectivity index (χ3v) is 4.08. The second-order valence-electron chi connectivity index (χ2n) is 6.09. The normalized spacial score (nSPS) is 14.1. The molecule has 0 saturated carbocycles. The van der Waals surface area contributed by atoms with Gasteiger partial charge in [0.25, 0.3) is 12.9 Å². The van der Waals surface area contributed by atoms with Crippen LogP contribution >= 0.6 is 0 Å². The molecule has 0 radical (unpaired) electrons. The molecule has 2 heterocycles. The summed E-state index contributed by atoms with van der Waals surface area (Å²) in [5.74, 6) is -0.137. The van der Waals surface area contributed by atoms with Crippen LogP contribution in [0.5, 0.6) is 0 Å². The molecule has 0 aromatic carbocycles. The van der Waals surface area contributed by atoms with Gasteiger partial charge in [-0.05, 0) is 38.5 Å². The lowest BCUT2D eigenvalue weighted by molar-refractivity contribution is 0.142. The molecule has 0 fully saturated rings. The first kappa shape index (κ1) is 21.6. The quantitative estimate of drug-likeness (QED) is 0.481. The molecular weight excluding hydrogens is 374 g/mol. The van der Waals surface area contributed by atoms with Crippen molar-refractivity contribution in [2.75, 3.05) is 0 Å². The molecule has 0 amide bonds. The van der Waals surface area contributed by atoms with Crippen LogP contribution in [0.25, 0.3) is 11.4 Å². The van der Waals surface area contributed by atoms with Gasteiger partial charge in [-0.2, -0.15) is 5.10 Å². The van der Waals surface area contributed by atoms with E-state index >= 15 is 0 Å². The van der Waals surface area contributed by atoms with Crippen molar-refractivity contribution in [3.8, 4) is 5.82 Å². The number of allylic oxidation sites excluding steroid dienone is 5. The molecule has 2 aromatic heterocycles. The molecule has 2 aromatic rings. The van der Waals surface area contributed by atoms with E-state index in [-0.39, 0.29) is 11.4 Å². The van der Waals surface area contributed by atoms with Gasteiger partial charge in [-0.3, -0.25) is 0 Å². The van der Waals surface area contributed by atoms with Crippen molar-refractivity contribution in [1.29, 1.82) is 0 Å². The van der Waals surface area contributed by atoms with Crippen molar-refractivity contribution >= 4 is 5.57 Å². The zero-order valence-electron chi connectivity index (χ0n) is 15.7. The van der Waals surface area contributed by atoms with E-state index in [1.165, 1.54) is 13.0 Å². The summed E-state index contributed by atoms with van der Waals surface area (Å²) in [6.07, 6.45) is -1.93. The van der Waals surface area contributed by atoms with Crippen LogP contribution in [0.3, 0.4) is 0 Å². The summed E-state index contributed by atoms with van der Waals surface area (Å²) < 4.78 is 53.6. The van der Waals surface area contributed by atoms with E-state index in [1.807, 2.05) is 26.0 Å². The van der Waals surface area contributed by atoms with Crippen molar-refractivity contribution in [3.63, 3.8) is 0 Å². The Hall–Kier alpha value is -2.74. The van der Waals surface area contributed by atoms with E-state index in [0.717, 1.165) is 5.57 Å². The highest BCUT2D eigenvalue weighted by Gasteiger charge is 2.25. The first-order chi connectivity index (χ1) is 13.2. The molecule has 8 heteroatoms. The zero-order chi connectivity index (χ0) is 21.0. The van der Waals surface area contributed by atoms with Crippen LogP contribution in [0.1, 0.15) is 62.4 Å². The molecule has 0 aliphatic carbocycles. The molecule has 28 heavy (non-hydrogen) atoms. The third kappa shape index (κ3) is 4.39. The Morgan fingerprint density at radius 2 is 1.89 bits per heavy atom. The summed E-state index contributed by atoms with van der Waals surface area (Å²) in [5, 5.41) is 13.6. The molecule has 1 atom stereocenters. The minimum atomic E-state index is -3.05. The molecule has 2 rings (SSSR count). The van der Waals surface area contributed by atoms with Gasteiger partial charge in [-0.15, -0.1) is 0 Å². The van der Waals surface area contributed by atoms with Gasteiger partial charge in [0.2, 0.25) is 0 Å². The maximum atomic E-state index is 13.4. The maximum Gasteiger partial charge on any atom is 0.282 e. The summed E-state index contributed by atoms with van der Waals surface area (Å²) >= 11 is 0.